The number of nitrogens with one attached hydrogen (secondary N) is 1. The van der Waals surface area contributed by atoms with Crippen molar-refractivity contribution in [3.05, 3.63) is 89.5 Å². The predicted octanol–water partition coefficient (Wildman–Crippen LogP) is 7.13. The summed E-state index contributed by atoms with van der Waals surface area (Å²) in [6.45, 7) is 3.27. The number of benzene rings is 3. The molecule has 36 heavy (non-hydrogen) atoms. The van der Waals surface area contributed by atoms with E-state index >= 15 is 0 Å². The lowest BCUT2D eigenvalue weighted by atomic mass is 10.0. The Kier molecular flexibility index (Phi) is 8.20. The van der Waals surface area contributed by atoms with Crippen LogP contribution in [-0.2, 0) is 15.7 Å². The van der Waals surface area contributed by atoms with E-state index in [4.69, 9.17) is 15.9 Å². The molecule has 0 radical (unpaired) electrons. The second kappa shape index (κ2) is 11.1. The topological polar surface area (TPSA) is 47.6 Å². The van der Waals surface area contributed by atoms with Crippen LogP contribution in [0.25, 0.3) is 0 Å². The fourth-order valence-corrected chi connectivity index (χ4v) is 3.24. The number of ether oxygens (including phenoxy) is 2. The fourth-order valence-electron chi connectivity index (χ4n) is 3.24. The molecule has 0 heterocycles. The molecule has 2 unspecified atom stereocenters. The number of alkyl halides is 3. The minimum absolute atomic E-state index is 0.139. The molecule has 2 atom stereocenters. The van der Waals surface area contributed by atoms with Gasteiger partial charge in [-0.05, 0) is 48.4 Å². The largest absolute Gasteiger partial charge is 0.454 e. The third-order valence-electron chi connectivity index (χ3n) is 5.14. The highest BCUT2D eigenvalue weighted by Crippen LogP contribution is 2.32. The van der Waals surface area contributed by atoms with Crippen molar-refractivity contribution in [1.82, 2.24) is 0 Å². The zero-order valence-electron chi connectivity index (χ0n) is 19.3. The molecule has 0 aliphatic rings. The van der Waals surface area contributed by atoms with Gasteiger partial charge in [0, 0.05) is 5.56 Å². The smallest absolute Gasteiger partial charge is 0.416 e. The Bertz CT molecular complexity index is 1250. The van der Waals surface area contributed by atoms with Crippen LogP contribution < -0.4 is 10.1 Å². The van der Waals surface area contributed by atoms with E-state index < -0.39 is 47.4 Å². The van der Waals surface area contributed by atoms with E-state index in [1.54, 1.807) is 44.2 Å². The van der Waals surface area contributed by atoms with E-state index in [1.807, 2.05) is 0 Å². The van der Waals surface area contributed by atoms with Crippen LogP contribution >= 0.6 is 0 Å². The Morgan fingerprint density at radius 2 is 1.67 bits per heavy atom. The van der Waals surface area contributed by atoms with E-state index in [9.17, 15) is 26.7 Å². The Morgan fingerprint density at radius 3 is 2.25 bits per heavy atom. The molecular formula is C27H22F5NO3. The van der Waals surface area contributed by atoms with Gasteiger partial charge in [0.05, 0.1) is 11.3 Å². The van der Waals surface area contributed by atoms with Gasteiger partial charge in [0.25, 0.3) is 0 Å². The second-order valence-corrected chi connectivity index (χ2v) is 8.15. The van der Waals surface area contributed by atoms with Crippen molar-refractivity contribution >= 4 is 11.7 Å². The molecule has 4 nitrogen and oxygen atoms in total. The number of carbonyl (C=O) groups is 1. The maximum absolute atomic E-state index is 14.3. The number of carbonyl (C=O) groups excluding carboxylic acids is 1. The molecule has 0 aliphatic heterocycles. The van der Waals surface area contributed by atoms with Gasteiger partial charge in [0.15, 0.2) is 17.7 Å². The summed E-state index contributed by atoms with van der Waals surface area (Å²) in [4.78, 5) is 12.9. The lowest BCUT2D eigenvalue weighted by Gasteiger charge is -2.24. The summed E-state index contributed by atoms with van der Waals surface area (Å²) in [5.74, 6) is -0.627. The SMILES string of the molecule is C#CC(OC(=O)C(Nc1ccc(C(F)(F)F)cc1F)C(C)C)c1ccc(F)c(Oc2ccccc2)c1. The van der Waals surface area contributed by atoms with Gasteiger partial charge in [0.2, 0.25) is 0 Å². The van der Waals surface area contributed by atoms with Crippen LogP contribution in [0.2, 0.25) is 0 Å². The first kappa shape index (κ1) is 26.5. The van der Waals surface area contributed by atoms with Crippen molar-refractivity contribution in [1.29, 1.82) is 0 Å². The number of anilines is 1. The maximum atomic E-state index is 14.3. The summed E-state index contributed by atoms with van der Waals surface area (Å²) in [7, 11) is 0. The van der Waals surface area contributed by atoms with Crippen molar-refractivity contribution in [2.75, 3.05) is 5.32 Å². The Balaban J connectivity index is 1.79. The van der Waals surface area contributed by atoms with Crippen molar-refractivity contribution in [3.63, 3.8) is 0 Å². The Morgan fingerprint density at radius 1 is 0.972 bits per heavy atom. The number of hydrogen-bond acceptors (Lipinski definition) is 4. The highest BCUT2D eigenvalue weighted by molar-refractivity contribution is 5.80. The third kappa shape index (κ3) is 6.54. The van der Waals surface area contributed by atoms with Crippen LogP contribution in [0.1, 0.15) is 31.1 Å². The van der Waals surface area contributed by atoms with Gasteiger partial charge in [-0.2, -0.15) is 13.2 Å². The molecule has 0 bridgehead atoms. The van der Waals surface area contributed by atoms with Crippen molar-refractivity contribution < 1.29 is 36.2 Å². The van der Waals surface area contributed by atoms with Gasteiger partial charge in [-0.25, -0.2) is 13.6 Å². The first-order valence-corrected chi connectivity index (χ1v) is 10.8. The lowest BCUT2D eigenvalue weighted by Crippen LogP contribution is -2.37. The molecule has 3 rings (SSSR count). The first-order valence-electron chi connectivity index (χ1n) is 10.8. The predicted molar refractivity (Wildman–Crippen MR) is 124 cm³/mol. The quantitative estimate of drug-likeness (QED) is 0.202. The number of hydrogen-bond donors (Lipinski definition) is 1. The van der Waals surface area contributed by atoms with Crippen LogP contribution in [0.15, 0.2) is 66.7 Å². The molecule has 0 amide bonds. The molecule has 0 spiro atoms. The van der Waals surface area contributed by atoms with Crippen molar-refractivity contribution in [2.24, 2.45) is 5.92 Å². The summed E-state index contributed by atoms with van der Waals surface area (Å²) in [6.07, 6.45) is -0.398. The highest BCUT2D eigenvalue weighted by atomic mass is 19.4. The molecular weight excluding hydrogens is 481 g/mol. The maximum Gasteiger partial charge on any atom is 0.416 e. The number of halogens is 5. The van der Waals surface area contributed by atoms with Gasteiger partial charge < -0.3 is 14.8 Å². The van der Waals surface area contributed by atoms with E-state index in [2.05, 4.69) is 11.2 Å². The number of esters is 1. The summed E-state index contributed by atoms with van der Waals surface area (Å²) in [6, 6.07) is 13.0. The zero-order valence-corrected chi connectivity index (χ0v) is 19.3. The Labute approximate surface area is 205 Å². The second-order valence-electron chi connectivity index (χ2n) is 8.15. The average molecular weight is 503 g/mol. The van der Waals surface area contributed by atoms with E-state index in [0.29, 0.717) is 17.9 Å². The molecule has 0 saturated carbocycles. The monoisotopic (exact) mass is 503 g/mol. The molecule has 3 aromatic carbocycles. The van der Waals surface area contributed by atoms with Crippen LogP contribution in [0.3, 0.4) is 0 Å². The highest BCUT2D eigenvalue weighted by Gasteiger charge is 2.32. The van der Waals surface area contributed by atoms with Crippen LogP contribution in [0, 0.1) is 29.9 Å². The summed E-state index contributed by atoms with van der Waals surface area (Å²) < 4.78 is 78.1. The van der Waals surface area contributed by atoms with E-state index in [-0.39, 0.29) is 17.0 Å². The van der Waals surface area contributed by atoms with Gasteiger partial charge in [-0.15, -0.1) is 6.42 Å². The van der Waals surface area contributed by atoms with Gasteiger partial charge >= 0.3 is 12.1 Å². The number of rotatable bonds is 8. The van der Waals surface area contributed by atoms with Gasteiger partial charge in [-0.3, -0.25) is 0 Å². The van der Waals surface area contributed by atoms with Crippen LogP contribution in [0.4, 0.5) is 27.6 Å². The summed E-state index contributed by atoms with van der Waals surface area (Å²) in [5.41, 5.74) is -1.22. The number of para-hydroxylation sites is 1. The average Bonchev–Trinajstić information content (AvgIpc) is 2.83. The normalized spacial score (nSPS) is 13.0. The molecule has 0 fully saturated rings. The van der Waals surface area contributed by atoms with Crippen LogP contribution in [-0.4, -0.2) is 12.0 Å². The van der Waals surface area contributed by atoms with Gasteiger partial charge in [0.1, 0.15) is 17.6 Å². The molecule has 3 aromatic rings. The van der Waals surface area contributed by atoms with E-state index in [0.717, 1.165) is 12.1 Å². The zero-order chi connectivity index (χ0) is 26.5. The van der Waals surface area contributed by atoms with Crippen molar-refractivity contribution in [3.8, 4) is 23.8 Å². The van der Waals surface area contributed by atoms with E-state index in [1.165, 1.54) is 12.1 Å². The molecule has 0 saturated heterocycles. The number of terminal acetylenes is 1. The third-order valence-corrected chi connectivity index (χ3v) is 5.14. The minimum atomic E-state index is -4.71. The molecule has 0 aromatic heterocycles. The molecule has 0 aliphatic carbocycles. The van der Waals surface area contributed by atoms with Crippen molar-refractivity contribution in [2.45, 2.75) is 32.2 Å². The molecule has 9 heteroatoms. The summed E-state index contributed by atoms with van der Waals surface area (Å²) >= 11 is 0. The first-order chi connectivity index (χ1) is 17.0. The molecule has 1 N–H and O–H groups in total. The molecule has 188 valence electrons. The Hall–Kier alpha value is -4.06. The standard InChI is InChI=1S/C27H22F5NO3/c1-4-23(17-10-12-20(28)24(14-17)35-19-8-6-5-7-9-19)36-26(34)25(16(2)3)33-22-13-11-18(15-21(22)29)27(30,31)32/h1,5-16,23,25,33H,2-3H3. The summed E-state index contributed by atoms with van der Waals surface area (Å²) in [5, 5.41) is 2.59. The minimum Gasteiger partial charge on any atom is -0.454 e. The lowest BCUT2D eigenvalue weighted by molar-refractivity contribution is -0.148. The van der Waals surface area contributed by atoms with Gasteiger partial charge in [-0.1, -0.05) is 44.0 Å². The fraction of sp³-hybridized carbons (Fsp3) is 0.222. The van der Waals surface area contributed by atoms with Crippen LogP contribution in [0.5, 0.6) is 11.5 Å².